The predicted octanol–water partition coefficient (Wildman–Crippen LogP) is 5.98. The maximum absolute atomic E-state index is 13.9. The second-order valence-electron chi connectivity index (χ2n) is 14.8. The zero-order valence-corrected chi connectivity index (χ0v) is 32.3. The molecule has 15 heteroatoms. The van der Waals surface area contributed by atoms with Crippen molar-refractivity contribution in [3.05, 3.63) is 102 Å². The van der Waals surface area contributed by atoms with Gasteiger partial charge in [0.1, 0.15) is 23.7 Å². The van der Waals surface area contributed by atoms with E-state index in [1.54, 1.807) is 29.1 Å². The highest BCUT2D eigenvalue weighted by Gasteiger charge is 2.43. The summed E-state index contributed by atoms with van der Waals surface area (Å²) in [5, 5.41) is 15.0. The van der Waals surface area contributed by atoms with E-state index in [4.69, 9.17) is 14.5 Å². The van der Waals surface area contributed by atoms with Crippen molar-refractivity contribution in [2.75, 3.05) is 25.7 Å². The summed E-state index contributed by atoms with van der Waals surface area (Å²) in [6.07, 6.45) is 4.74. The fraction of sp³-hybridized carbons (Fsp3) is 0.326. The first-order valence-corrected chi connectivity index (χ1v) is 19.3. The van der Waals surface area contributed by atoms with Crippen LogP contribution in [0.2, 0.25) is 0 Å². The second kappa shape index (κ2) is 15.9. The molecule has 4 N–H and O–H groups in total. The first-order chi connectivity index (χ1) is 28.2. The number of likely N-dealkylation sites (tertiary alicyclic amines) is 1. The van der Waals surface area contributed by atoms with E-state index in [2.05, 4.69) is 31.7 Å². The van der Waals surface area contributed by atoms with Gasteiger partial charge in [-0.2, -0.15) is 5.26 Å². The standard InChI is InChI=1S/C43H43N9O6/c1-4-31(49-42(55)57-2)40(53)51-23-24(20-44)18-35(51)38-45-21-33(47-38)27-12-8-25(9-13-27)26-10-14-28(15-11-26)34-22-46-39(48-34)36-19-30-7-5-6-29-16-17-32(50-43(56)58-3)41(54)52(36)37(29)30/h5-15,21-22,24,31-32,35-36H,4,16-19,23H2,1-3H3,(H,45,47)(H,46,48)(H,49,55)(H,50,56)/t24-,31-,32-,35-,36-/m0/s1. The van der Waals surface area contributed by atoms with Crippen molar-refractivity contribution >= 4 is 29.7 Å². The Hall–Kier alpha value is -6.95. The smallest absolute Gasteiger partial charge is 0.407 e. The number of amides is 4. The molecule has 4 amide bonds. The number of rotatable bonds is 9. The van der Waals surface area contributed by atoms with Gasteiger partial charge in [0.2, 0.25) is 11.8 Å². The van der Waals surface area contributed by atoms with Crippen LogP contribution in [0.25, 0.3) is 33.6 Å². The number of methoxy groups -OCH3 is 2. The second-order valence-corrected chi connectivity index (χ2v) is 14.8. The summed E-state index contributed by atoms with van der Waals surface area (Å²) in [5.74, 6) is 0.426. The number of nitriles is 1. The number of benzene rings is 3. The molecular formula is C43H43N9O6. The lowest BCUT2D eigenvalue weighted by Gasteiger charge is -2.27. The molecule has 0 spiro atoms. The van der Waals surface area contributed by atoms with Crippen LogP contribution in [-0.4, -0.2) is 81.7 Å². The molecule has 3 aliphatic heterocycles. The van der Waals surface area contributed by atoms with E-state index >= 15 is 0 Å². The number of para-hydroxylation sites is 1. The van der Waals surface area contributed by atoms with Gasteiger partial charge in [0, 0.05) is 13.0 Å². The van der Waals surface area contributed by atoms with Crippen molar-refractivity contribution in [3.8, 4) is 39.7 Å². The van der Waals surface area contributed by atoms with Gasteiger partial charge in [0.15, 0.2) is 0 Å². The minimum absolute atomic E-state index is 0.182. The van der Waals surface area contributed by atoms with Crippen LogP contribution in [0, 0.1) is 17.2 Å². The molecule has 5 atom stereocenters. The molecule has 5 aromatic rings. The summed E-state index contributed by atoms with van der Waals surface area (Å²) >= 11 is 0. The van der Waals surface area contributed by atoms with E-state index in [1.165, 1.54) is 14.2 Å². The van der Waals surface area contributed by atoms with Crippen molar-refractivity contribution in [3.63, 3.8) is 0 Å². The number of alkyl carbamates (subject to hydrolysis) is 2. The Kier molecular flexibility index (Phi) is 10.4. The molecule has 5 heterocycles. The number of aromatic amines is 2. The predicted molar refractivity (Wildman–Crippen MR) is 213 cm³/mol. The Morgan fingerprint density at radius 3 is 2.03 bits per heavy atom. The third-order valence-corrected chi connectivity index (χ3v) is 11.4. The lowest BCUT2D eigenvalue weighted by Crippen LogP contribution is -2.48. The van der Waals surface area contributed by atoms with Crippen molar-refractivity contribution in [1.29, 1.82) is 5.26 Å². The van der Waals surface area contributed by atoms with Gasteiger partial charge in [0.25, 0.3) is 0 Å². The third kappa shape index (κ3) is 7.13. The summed E-state index contributed by atoms with van der Waals surface area (Å²) in [6, 6.07) is 22.4. The number of hydrogen-bond acceptors (Lipinski definition) is 9. The Morgan fingerprint density at radius 1 is 0.862 bits per heavy atom. The van der Waals surface area contributed by atoms with Crippen LogP contribution in [0.4, 0.5) is 15.3 Å². The zero-order valence-electron chi connectivity index (χ0n) is 32.3. The van der Waals surface area contributed by atoms with E-state index < -0.39 is 30.3 Å². The normalized spacial score (nSPS) is 20.1. The van der Waals surface area contributed by atoms with E-state index in [-0.39, 0.29) is 30.3 Å². The molecule has 0 aliphatic carbocycles. The molecule has 0 unspecified atom stereocenters. The monoisotopic (exact) mass is 781 g/mol. The molecule has 0 saturated carbocycles. The number of H-pyrrole nitrogens is 2. The van der Waals surface area contributed by atoms with E-state index in [0.29, 0.717) is 43.8 Å². The minimum atomic E-state index is -0.779. The number of ether oxygens (including phenoxy) is 2. The number of nitrogens with zero attached hydrogens (tertiary/aromatic N) is 5. The highest BCUT2D eigenvalue weighted by molar-refractivity contribution is 6.02. The average molecular weight is 782 g/mol. The summed E-state index contributed by atoms with van der Waals surface area (Å²) in [6.45, 7) is 2.05. The van der Waals surface area contributed by atoms with Crippen molar-refractivity contribution in [2.45, 2.75) is 63.2 Å². The first-order valence-electron chi connectivity index (χ1n) is 19.3. The molecule has 296 valence electrons. The fourth-order valence-electron chi connectivity index (χ4n) is 8.35. The van der Waals surface area contributed by atoms with E-state index in [0.717, 1.165) is 50.5 Å². The third-order valence-electron chi connectivity index (χ3n) is 11.4. The molecular weight excluding hydrogens is 739 g/mol. The number of carbonyl (C=O) groups is 4. The molecule has 1 fully saturated rings. The van der Waals surface area contributed by atoms with Crippen LogP contribution < -0.4 is 15.5 Å². The summed E-state index contributed by atoms with van der Waals surface area (Å²) in [7, 11) is 2.54. The molecule has 3 aliphatic rings. The van der Waals surface area contributed by atoms with E-state index in [1.807, 2.05) is 66.7 Å². The van der Waals surface area contributed by atoms with Gasteiger partial charge in [-0.15, -0.1) is 0 Å². The molecule has 8 rings (SSSR count). The summed E-state index contributed by atoms with van der Waals surface area (Å²) in [4.78, 5) is 71.0. The number of carbonyl (C=O) groups excluding carboxylic acids is 4. The van der Waals surface area contributed by atoms with Gasteiger partial charge in [-0.05, 0) is 59.1 Å². The Morgan fingerprint density at radius 2 is 1.45 bits per heavy atom. The molecule has 1 saturated heterocycles. The Labute approximate surface area is 334 Å². The highest BCUT2D eigenvalue weighted by Crippen LogP contribution is 2.45. The topological polar surface area (TPSA) is 198 Å². The van der Waals surface area contributed by atoms with Crippen molar-refractivity contribution < 1.29 is 28.7 Å². The summed E-state index contributed by atoms with van der Waals surface area (Å²) in [5.41, 5.74) is 8.54. The van der Waals surface area contributed by atoms with Crippen LogP contribution in [0.3, 0.4) is 0 Å². The SMILES string of the molecule is CC[C@H](NC(=O)OC)C(=O)N1C[C@H](C#N)C[C@H]1c1ncc(-c2ccc(-c3ccc(-c4cnc([C@@H]5Cc6cccc7c6N5C(=O)[C@@H](NC(=O)OC)CC7)[nH]4)cc3)cc2)[nH]1. The van der Waals surface area contributed by atoms with Crippen molar-refractivity contribution in [1.82, 2.24) is 35.5 Å². The largest absolute Gasteiger partial charge is 0.453 e. The van der Waals surface area contributed by atoms with Crippen LogP contribution in [0.5, 0.6) is 0 Å². The maximum Gasteiger partial charge on any atom is 0.407 e. The Bertz CT molecular complexity index is 2400. The van der Waals surface area contributed by atoms with Gasteiger partial charge >= 0.3 is 12.2 Å². The lowest BCUT2D eigenvalue weighted by atomic mass is 10.0. The molecule has 2 aromatic heterocycles. The summed E-state index contributed by atoms with van der Waals surface area (Å²) < 4.78 is 9.50. The fourth-order valence-corrected chi connectivity index (χ4v) is 8.35. The van der Waals surface area contributed by atoms with E-state index in [9.17, 15) is 24.4 Å². The zero-order chi connectivity index (χ0) is 40.5. The first kappa shape index (κ1) is 37.9. The average Bonchev–Trinajstić information content (AvgIpc) is 4.08. The number of nitrogens with one attached hydrogen (secondary N) is 4. The van der Waals surface area contributed by atoms with Crippen LogP contribution in [0.15, 0.2) is 79.1 Å². The van der Waals surface area contributed by atoms with Crippen LogP contribution in [-0.2, 0) is 31.9 Å². The van der Waals surface area contributed by atoms with Crippen LogP contribution in [0.1, 0.15) is 61.0 Å². The Balaban J connectivity index is 0.960. The molecule has 15 nitrogen and oxygen atoms in total. The van der Waals surface area contributed by atoms with Gasteiger partial charge < -0.3 is 35.0 Å². The number of anilines is 1. The van der Waals surface area contributed by atoms with Crippen LogP contribution >= 0.6 is 0 Å². The molecule has 3 aromatic carbocycles. The molecule has 58 heavy (non-hydrogen) atoms. The van der Waals surface area contributed by atoms with Gasteiger partial charge in [-0.25, -0.2) is 19.6 Å². The molecule has 0 radical (unpaired) electrons. The quantitative estimate of drug-likeness (QED) is 0.139. The number of aryl methyl sites for hydroxylation is 1. The number of imidazole rings is 2. The van der Waals surface area contributed by atoms with Gasteiger partial charge in [-0.1, -0.05) is 73.7 Å². The van der Waals surface area contributed by atoms with Gasteiger partial charge in [-0.3, -0.25) is 14.5 Å². The minimum Gasteiger partial charge on any atom is -0.453 e. The van der Waals surface area contributed by atoms with Gasteiger partial charge in [0.05, 0.1) is 67.8 Å². The number of hydrogen-bond donors (Lipinski definition) is 4. The molecule has 0 bridgehead atoms. The highest BCUT2D eigenvalue weighted by atomic mass is 16.5. The van der Waals surface area contributed by atoms with Crippen molar-refractivity contribution in [2.24, 2.45) is 5.92 Å². The number of aromatic nitrogens is 4. The maximum atomic E-state index is 13.9. The lowest BCUT2D eigenvalue weighted by molar-refractivity contribution is -0.134.